The fourth-order valence-electron chi connectivity index (χ4n) is 1.75. The largest absolute Gasteiger partial charge is 0.496 e. The Morgan fingerprint density at radius 3 is 2.89 bits per heavy atom. The van der Waals surface area contributed by atoms with Crippen molar-refractivity contribution in [2.24, 2.45) is 0 Å². The molecule has 1 aromatic heterocycles. The fraction of sp³-hybridized carbons (Fsp3) is 0.214. The zero-order valence-electron chi connectivity index (χ0n) is 10.5. The average Bonchev–Trinajstić information content (AvgIpc) is 2.86. The highest BCUT2D eigenvalue weighted by molar-refractivity contribution is 9.11. The lowest BCUT2D eigenvalue weighted by molar-refractivity contribution is 0.0954. The van der Waals surface area contributed by atoms with Crippen LogP contribution in [0.25, 0.3) is 0 Å². The molecule has 1 heterocycles. The van der Waals surface area contributed by atoms with Gasteiger partial charge >= 0.3 is 0 Å². The molecule has 1 N–H and O–H groups in total. The number of amides is 1. The average molecular weight is 340 g/mol. The number of carbonyl (C=O) groups is 1. The smallest absolute Gasteiger partial charge is 0.252 e. The van der Waals surface area contributed by atoms with Crippen molar-refractivity contribution in [3.8, 4) is 5.75 Å². The van der Waals surface area contributed by atoms with Gasteiger partial charge in [0.05, 0.1) is 16.5 Å². The van der Waals surface area contributed by atoms with Gasteiger partial charge in [0, 0.05) is 11.9 Å². The van der Waals surface area contributed by atoms with Gasteiger partial charge in [-0.1, -0.05) is 18.2 Å². The Bertz CT molecular complexity index is 568. The highest BCUT2D eigenvalue weighted by Crippen LogP contribution is 2.20. The second-order valence-corrected chi connectivity index (χ2v) is 6.25. The minimum Gasteiger partial charge on any atom is -0.496 e. The molecule has 0 bridgehead atoms. The first-order valence-corrected chi connectivity index (χ1v) is 7.52. The molecule has 2 aromatic rings. The summed E-state index contributed by atoms with van der Waals surface area (Å²) in [4.78, 5) is 11.8. The van der Waals surface area contributed by atoms with E-state index >= 15 is 0 Å². The monoisotopic (exact) mass is 339 g/mol. The Morgan fingerprint density at radius 2 is 2.21 bits per heavy atom. The van der Waals surface area contributed by atoms with Crippen LogP contribution in [-0.4, -0.2) is 19.6 Å². The highest BCUT2D eigenvalue weighted by atomic mass is 79.9. The van der Waals surface area contributed by atoms with Gasteiger partial charge in [0.25, 0.3) is 5.91 Å². The molecule has 0 saturated carbocycles. The summed E-state index contributed by atoms with van der Waals surface area (Å²) in [6, 6.07) is 9.65. The third-order valence-electron chi connectivity index (χ3n) is 2.70. The van der Waals surface area contributed by atoms with Crippen molar-refractivity contribution >= 4 is 33.2 Å². The molecular weight excluding hydrogens is 326 g/mol. The summed E-state index contributed by atoms with van der Waals surface area (Å²) in [5, 5.41) is 4.74. The second kappa shape index (κ2) is 6.73. The molecule has 0 spiro atoms. The molecular formula is C14H14BrNO2S. The second-order valence-electron chi connectivity index (χ2n) is 3.96. The highest BCUT2D eigenvalue weighted by Gasteiger charge is 2.08. The van der Waals surface area contributed by atoms with E-state index in [0.29, 0.717) is 12.1 Å². The van der Waals surface area contributed by atoms with Gasteiger partial charge in [-0.2, -0.15) is 0 Å². The van der Waals surface area contributed by atoms with Gasteiger partial charge in [-0.25, -0.2) is 0 Å². The maximum atomic E-state index is 11.8. The van der Waals surface area contributed by atoms with Gasteiger partial charge in [-0.3, -0.25) is 4.79 Å². The van der Waals surface area contributed by atoms with Crippen LogP contribution in [0.5, 0.6) is 5.75 Å². The topological polar surface area (TPSA) is 38.3 Å². The quantitative estimate of drug-likeness (QED) is 0.905. The minimum atomic E-state index is -0.0446. The summed E-state index contributed by atoms with van der Waals surface area (Å²) in [7, 11) is 1.65. The SMILES string of the molecule is COc1ccccc1CCNC(=O)c1csc(Br)c1. The number of thiophene rings is 1. The number of ether oxygens (including phenoxy) is 1. The van der Waals surface area contributed by atoms with Crippen LogP contribution in [0.15, 0.2) is 39.5 Å². The van der Waals surface area contributed by atoms with E-state index in [1.807, 2.05) is 35.7 Å². The summed E-state index contributed by atoms with van der Waals surface area (Å²) >= 11 is 4.85. The zero-order valence-corrected chi connectivity index (χ0v) is 12.9. The standard InChI is InChI=1S/C14H14BrNO2S/c1-18-12-5-3-2-4-10(12)6-7-16-14(17)11-8-13(15)19-9-11/h2-5,8-9H,6-7H2,1H3,(H,16,17). The number of halogens is 1. The van der Waals surface area contributed by atoms with Crippen LogP contribution >= 0.6 is 27.3 Å². The van der Waals surface area contributed by atoms with Crippen LogP contribution < -0.4 is 10.1 Å². The van der Waals surface area contributed by atoms with Gasteiger partial charge in [0.15, 0.2) is 0 Å². The van der Waals surface area contributed by atoms with E-state index in [9.17, 15) is 4.79 Å². The van der Waals surface area contributed by atoms with E-state index < -0.39 is 0 Å². The molecule has 0 atom stereocenters. The van der Waals surface area contributed by atoms with E-state index in [1.54, 1.807) is 7.11 Å². The molecule has 19 heavy (non-hydrogen) atoms. The number of rotatable bonds is 5. The van der Waals surface area contributed by atoms with Gasteiger partial charge in [-0.15, -0.1) is 11.3 Å². The van der Waals surface area contributed by atoms with Gasteiger partial charge in [0.2, 0.25) is 0 Å². The van der Waals surface area contributed by atoms with E-state index in [1.165, 1.54) is 11.3 Å². The molecule has 1 amide bonds. The molecule has 0 radical (unpaired) electrons. The van der Waals surface area contributed by atoms with Crippen molar-refractivity contribution in [1.82, 2.24) is 5.32 Å². The van der Waals surface area contributed by atoms with Crippen LogP contribution in [0.4, 0.5) is 0 Å². The number of nitrogens with one attached hydrogen (secondary N) is 1. The first kappa shape index (κ1) is 14.1. The lowest BCUT2D eigenvalue weighted by Crippen LogP contribution is -2.25. The molecule has 1 aromatic carbocycles. The molecule has 0 aliphatic rings. The molecule has 0 aliphatic carbocycles. The molecule has 3 nitrogen and oxygen atoms in total. The molecule has 2 rings (SSSR count). The Balaban J connectivity index is 1.88. The summed E-state index contributed by atoms with van der Waals surface area (Å²) in [6.07, 6.45) is 0.751. The van der Waals surface area contributed by atoms with Crippen molar-refractivity contribution in [3.63, 3.8) is 0 Å². The van der Waals surface area contributed by atoms with E-state index in [4.69, 9.17) is 4.74 Å². The van der Waals surface area contributed by atoms with Crippen molar-refractivity contribution in [1.29, 1.82) is 0 Å². The summed E-state index contributed by atoms with van der Waals surface area (Å²) in [5.41, 5.74) is 1.79. The van der Waals surface area contributed by atoms with Crippen molar-refractivity contribution in [2.45, 2.75) is 6.42 Å². The normalized spacial score (nSPS) is 10.2. The van der Waals surface area contributed by atoms with Crippen molar-refractivity contribution in [3.05, 3.63) is 50.6 Å². The minimum absolute atomic E-state index is 0.0446. The maximum absolute atomic E-state index is 11.8. The zero-order chi connectivity index (χ0) is 13.7. The Labute approximate surface area is 124 Å². The van der Waals surface area contributed by atoms with Gasteiger partial charge in [-0.05, 0) is 40.0 Å². The Kier molecular flexibility index (Phi) is 4.99. The number of carbonyl (C=O) groups excluding carboxylic acids is 1. The van der Waals surface area contributed by atoms with Gasteiger partial charge in [0.1, 0.15) is 5.75 Å². The summed E-state index contributed by atoms with van der Waals surface area (Å²) in [5.74, 6) is 0.812. The van der Waals surface area contributed by atoms with Crippen molar-refractivity contribution < 1.29 is 9.53 Å². The molecule has 0 unspecified atom stereocenters. The van der Waals surface area contributed by atoms with Crippen LogP contribution in [-0.2, 0) is 6.42 Å². The predicted molar refractivity (Wildman–Crippen MR) is 81.1 cm³/mol. The number of hydrogen-bond donors (Lipinski definition) is 1. The molecule has 0 saturated heterocycles. The Morgan fingerprint density at radius 1 is 1.42 bits per heavy atom. The summed E-state index contributed by atoms with van der Waals surface area (Å²) in [6.45, 7) is 0.590. The Hall–Kier alpha value is -1.33. The van der Waals surface area contributed by atoms with Crippen molar-refractivity contribution in [2.75, 3.05) is 13.7 Å². The summed E-state index contributed by atoms with van der Waals surface area (Å²) < 4.78 is 6.23. The molecule has 100 valence electrons. The van der Waals surface area contributed by atoms with Crippen LogP contribution in [0.2, 0.25) is 0 Å². The van der Waals surface area contributed by atoms with E-state index in [2.05, 4.69) is 21.2 Å². The first-order chi connectivity index (χ1) is 9.20. The number of methoxy groups -OCH3 is 1. The fourth-order valence-corrected chi connectivity index (χ4v) is 2.89. The van der Waals surface area contributed by atoms with Crippen LogP contribution in [0.1, 0.15) is 15.9 Å². The van der Waals surface area contributed by atoms with Crippen LogP contribution in [0.3, 0.4) is 0 Å². The van der Waals surface area contributed by atoms with E-state index in [-0.39, 0.29) is 5.91 Å². The van der Waals surface area contributed by atoms with Crippen LogP contribution in [0, 0.1) is 0 Å². The molecule has 0 fully saturated rings. The third kappa shape index (κ3) is 3.81. The van der Waals surface area contributed by atoms with E-state index in [0.717, 1.165) is 21.5 Å². The maximum Gasteiger partial charge on any atom is 0.252 e. The number of hydrogen-bond acceptors (Lipinski definition) is 3. The first-order valence-electron chi connectivity index (χ1n) is 5.85. The lowest BCUT2D eigenvalue weighted by atomic mass is 10.1. The lowest BCUT2D eigenvalue weighted by Gasteiger charge is -2.08. The molecule has 0 aliphatic heterocycles. The third-order valence-corrected chi connectivity index (χ3v) is 4.21. The van der Waals surface area contributed by atoms with Gasteiger partial charge < -0.3 is 10.1 Å². The molecule has 5 heteroatoms. The number of para-hydroxylation sites is 1. The predicted octanol–water partition coefficient (Wildman–Crippen LogP) is 3.49. The number of benzene rings is 1.